The summed E-state index contributed by atoms with van der Waals surface area (Å²) in [5.41, 5.74) is 6.56. The molecule has 2 rings (SSSR count). The number of hydrogen-bond acceptors (Lipinski definition) is 3. The summed E-state index contributed by atoms with van der Waals surface area (Å²) in [7, 11) is 2.31. The van der Waals surface area contributed by atoms with Crippen LogP contribution in [-0.4, -0.2) is 55.6 Å². The largest absolute Gasteiger partial charge is 0.330 e. The van der Waals surface area contributed by atoms with Crippen LogP contribution in [0, 0.1) is 11.3 Å². The molecule has 1 aliphatic heterocycles. The van der Waals surface area contributed by atoms with Crippen molar-refractivity contribution in [2.75, 3.05) is 39.8 Å². The van der Waals surface area contributed by atoms with E-state index in [1.54, 1.807) is 0 Å². The van der Waals surface area contributed by atoms with Crippen LogP contribution < -0.4 is 5.73 Å². The van der Waals surface area contributed by atoms with Gasteiger partial charge in [-0.05, 0) is 63.7 Å². The van der Waals surface area contributed by atoms with Crippen molar-refractivity contribution in [3.8, 4) is 0 Å². The van der Waals surface area contributed by atoms with Gasteiger partial charge in [0.15, 0.2) is 0 Å². The molecule has 2 N–H and O–H groups in total. The lowest BCUT2D eigenvalue weighted by molar-refractivity contribution is 0.0871. The van der Waals surface area contributed by atoms with Crippen LogP contribution in [0.25, 0.3) is 0 Å². The molecule has 118 valence electrons. The number of likely N-dealkylation sites (tertiary alicyclic amines) is 1. The van der Waals surface area contributed by atoms with E-state index in [0.29, 0.717) is 5.41 Å². The molecule has 0 radical (unpaired) electrons. The summed E-state index contributed by atoms with van der Waals surface area (Å²) >= 11 is 0. The molecule has 1 aliphatic carbocycles. The highest BCUT2D eigenvalue weighted by molar-refractivity contribution is 4.90. The van der Waals surface area contributed by atoms with Gasteiger partial charge >= 0.3 is 0 Å². The summed E-state index contributed by atoms with van der Waals surface area (Å²) in [6.07, 6.45) is 8.19. The predicted molar refractivity (Wildman–Crippen MR) is 86.9 cm³/mol. The molecule has 3 unspecified atom stereocenters. The molecule has 3 nitrogen and oxygen atoms in total. The van der Waals surface area contributed by atoms with Gasteiger partial charge in [-0.3, -0.25) is 4.90 Å². The van der Waals surface area contributed by atoms with Gasteiger partial charge in [0.1, 0.15) is 0 Å². The van der Waals surface area contributed by atoms with Gasteiger partial charge in [-0.2, -0.15) is 0 Å². The Morgan fingerprint density at radius 3 is 2.75 bits per heavy atom. The first-order valence-corrected chi connectivity index (χ1v) is 8.71. The summed E-state index contributed by atoms with van der Waals surface area (Å²) in [5.74, 6) is 0.860. The maximum Gasteiger partial charge on any atom is 0.0223 e. The molecule has 0 aromatic rings. The number of nitrogens with zero attached hydrogens (tertiary/aromatic N) is 2. The first kappa shape index (κ1) is 16.3. The Hall–Kier alpha value is -0.120. The highest BCUT2D eigenvalue weighted by Crippen LogP contribution is 2.39. The average molecular weight is 281 g/mol. The van der Waals surface area contributed by atoms with Gasteiger partial charge in [0, 0.05) is 19.1 Å². The smallest absolute Gasteiger partial charge is 0.0223 e. The number of hydrogen-bond donors (Lipinski definition) is 1. The molecule has 3 atom stereocenters. The SMILES string of the molecule is CCN1CCCC1CN(C)CC1(CN)CCCC(C)C1. The lowest BCUT2D eigenvalue weighted by Gasteiger charge is -2.42. The second-order valence-electron chi connectivity index (χ2n) is 7.53. The lowest BCUT2D eigenvalue weighted by Crippen LogP contribution is -2.47. The van der Waals surface area contributed by atoms with E-state index in [2.05, 4.69) is 30.7 Å². The molecule has 2 fully saturated rings. The van der Waals surface area contributed by atoms with Crippen molar-refractivity contribution >= 4 is 0 Å². The molecule has 1 heterocycles. The molecular weight excluding hydrogens is 246 g/mol. The third-order valence-corrected chi connectivity index (χ3v) is 5.65. The van der Waals surface area contributed by atoms with Crippen molar-refractivity contribution in [2.24, 2.45) is 17.1 Å². The van der Waals surface area contributed by atoms with Crippen LogP contribution in [0.5, 0.6) is 0 Å². The monoisotopic (exact) mass is 281 g/mol. The summed E-state index contributed by atoms with van der Waals surface area (Å²) in [6, 6.07) is 0.779. The topological polar surface area (TPSA) is 32.5 Å². The molecule has 1 saturated heterocycles. The summed E-state index contributed by atoms with van der Waals surface area (Å²) < 4.78 is 0. The quantitative estimate of drug-likeness (QED) is 0.812. The van der Waals surface area contributed by atoms with E-state index in [0.717, 1.165) is 18.5 Å². The van der Waals surface area contributed by atoms with Crippen LogP contribution in [0.2, 0.25) is 0 Å². The molecule has 0 amide bonds. The zero-order chi connectivity index (χ0) is 14.6. The molecular formula is C17H35N3. The highest BCUT2D eigenvalue weighted by Gasteiger charge is 2.35. The van der Waals surface area contributed by atoms with Crippen molar-refractivity contribution in [1.29, 1.82) is 0 Å². The molecule has 3 heteroatoms. The van der Waals surface area contributed by atoms with Crippen LogP contribution in [0.15, 0.2) is 0 Å². The van der Waals surface area contributed by atoms with Crippen LogP contribution in [0.4, 0.5) is 0 Å². The minimum atomic E-state index is 0.391. The van der Waals surface area contributed by atoms with Gasteiger partial charge in [0.2, 0.25) is 0 Å². The molecule has 0 bridgehead atoms. The Balaban J connectivity index is 1.87. The number of rotatable bonds is 6. The maximum absolute atomic E-state index is 6.17. The second kappa shape index (κ2) is 7.24. The minimum absolute atomic E-state index is 0.391. The summed E-state index contributed by atoms with van der Waals surface area (Å²) in [4.78, 5) is 5.22. The van der Waals surface area contributed by atoms with Crippen molar-refractivity contribution < 1.29 is 0 Å². The first-order valence-electron chi connectivity index (χ1n) is 8.71. The Morgan fingerprint density at radius 2 is 2.10 bits per heavy atom. The zero-order valence-electron chi connectivity index (χ0n) is 13.9. The van der Waals surface area contributed by atoms with Gasteiger partial charge in [-0.25, -0.2) is 0 Å². The van der Waals surface area contributed by atoms with Crippen LogP contribution in [-0.2, 0) is 0 Å². The third kappa shape index (κ3) is 3.96. The summed E-state index contributed by atoms with van der Waals surface area (Å²) in [5, 5.41) is 0. The number of nitrogens with two attached hydrogens (primary N) is 1. The molecule has 0 aromatic heterocycles. The molecule has 0 spiro atoms. The fraction of sp³-hybridized carbons (Fsp3) is 1.00. The predicted octanol–water partition coefficient (Wildman–Crippen LogP) is 2.56. The lowest BCUT2D eigenvalue weighted by atomic mass is 9.70. The van der Waals surface area contributed by atoms with E-state index in [-0.39, 0.29) is 0 Å². The average Bonchev–Trinajstić information content (AvgIpc) is 2.85. The first-order chi connectivity index (χ1) is 9.58. The van der Waals surface area contributed by atoms with Gasteiger partial charge in [0.25, 0.3) is 0 Å². The van der Waals surface area contributed by atoms with E-state index in [4.69, 9.17) is 5.73 Å². The Morgan fingerprint density at radius 1 is 1.30 bits per heavy atom. The van der Waals surface area contributed by atoms with E-state index in [9.17, 15) is 0 Å². The van der Waals surface area contributed by atoms with Crippen LogP contribution in [0.1, 0.15) is 52.4 Å². The highest BCUT2D eigenvalue weighted by atomic mass is 15.2. The Kier molecular flexibility index (Phi) is 5.88. The Labute approximate surface area is 125 Å². The number of likely N-dealkylation sites (N-methyl/N-ethyl adjacent to an activating group) is 2. The van der Waals surface area contributed by atoms with Crippen LogP contribution in [0.3, 0.4) is 0 Å². The van der Waals surface area contributed by atoms with Gasteiger partial charge in [-0.1, -0.05) is 26.7 Å². The van der Waals surface area contributed by atoms with Crippen molar-refractivity contribution in [3.63, 3.8) is 0 Å². The fourth-order valence-electron chi connectivity index (χ4n) is 4.68. The standard InChI is InChI=1S/C17H35N3/c1-4-20-10-6-8-16(20)12-19(3)14-17(13-18)9-5-7-15(2)11-17/h15-16H,4-14,18H2,1-3H3. The van der Waals surface area contributed by atoms with Gasteiger partial charge in [0.05, 0.1) is 0 Å². The third-order valence-electron chi connectivity index (χ3n) is 5.65. The molecule has 20 heavy (non-hydrogen) atoms. The normalized spacial score (nSPS) is 35.9. The van der Waals surface area contributed by atoms with Crippen molar-refractivity contribution in [3.05, 3.63) is 0 Å². The van der Waals surface area contributed by atoms with E-state index < -0.39 is 0 Å². The van der Waals surface area contributed by atoms with E-state index in [1.807, 2.05) is 0 Å². The minimum Gasteiger partial charge on any atom is -0.330 e. The molecule has 0 aromatic carbocycles. The fourth-order valence-corrected chi connectivity index (χ4v) is 4.68. The maximum atomic E-state index is 6.17. The van der Waals surface area contributed by atoms with Crippen molar-refractivity contribution in [1.82, 2.24) is 9.80 Å². The second-order valence-corrected chi connectivity index (χ2v) is 7.53. The van der Waals surface area contributed by atoms with E-state index >= 15 is 0 Å². The molecule has 1 saturated carbocycles. The van der Waals surface area contributed by atoms with Gasteiger partial charge in [-0.15, -0.1) is 0 Å². The molecule has 2 aliphatic rings. The zero-order valence-corrected chi connectivity index (χ0v) is 13.9. The van der Waals surface area contributed by atoms with Crippen LogP contribution >= 0.6 is 0 Å². The Bertz CT molecular complexity index is 294. The van der Waals surface area contributed by atoms with Gasteiger partial charge < -0.3 is 10.6 Å². The van der Waals surface area contributed by atoms with Crippen molar-refractivity contribution in [2.45, 2.75) is 58.4 Å². The van der Waals surface area contributed by atoms with E-state index in [1.165, 1.54) is 64.7 Å². The summed E-state index contributed by atoms with van der Waals surface area (Å²) in [6.45, 7) is 10.5.